The number of ether oxygens (including phenoxy) is 1. The maximum absolute atomic E-state index is 12.8. The van der Waals surface area contributed by atoms with E-state index in [2.05, 4.69) is 11.8 Å². The van der Waals surface area contributed by atoms with Crippen molar-refractivity contribution in [2.24, 2.45) is 5.92 Å². The molecule has 2 rings (SSSR count). The normalized spacial score (nSPS) is 18.3. The lowest BCUT2D eigenvalue weighted by molar-refractivity contribution is -0.174. The summed E-state index contributed by atoms with van der Waals surface area (Å²) in [5, 5.41) is 20.7. The number of esters is 1. The van der Waals surface area contributed by atoms with Crippen molar-refractivity contribution in [2.45, 2.75) is 50.7 Å². The summed E-state index contributed by atoms with van der Waals surface area (Å²) in [6.07, 6.45) is 4.39. The molecule has 1 aliphatic carbocycles. The van der Waals surface area contributed by atoms with E-state index in [1.165, 1.54) is 0 Å². The van der Waals surface area contributed by atoms with Crippen molar-refractivity contribution >= 4 is 5.97 Å². The summed E-state index contributed by atoms with van der Waals surface area (Å²) in [5.41, 5.74) is -1.03. The van der Waals surface area contributed by atoms with Gasteiger partial charge >= 0.3 is 5.97 Å². The zero-order chi connectivity index (χ0) is 19.7. The molecule has 1 aromatic rings. The van der Waals surface area contributed by atoms with Crippen LogP contribution >= 0.6 is 0 Å². The maximum atomic E-state index is 12.8. The van der Waals surface area contributed by atoms with E-state index in [4.69, 9.17) is 4.74 Å². The highest BCUT2D eigenvalue weighted by atomic mass is 16.5. The van der Waals surface area contributed by atoms with Gasteiger partial charge in [-0.25, -0.2) is 4.79 Å². The number of nitrogens with zero attached hydrogens (tertiary/aromatic N) is 1. The largest absolute Gasteiger partial charge is 0.450 e. The third-order valence-electron chi connectivity index (χ3n) is 5.05. The Bertz CT molecular complexity index is 643. The molecule has 0 heterocycles. The molecule has 0 radical (unpaired) electrons. The fraction of sp³-hybridized carbons (Fsp3) is 0.591. The predicted octanol–water partition coefficient (Wildman–Crippen LogP) is 2.31. The van der Waals surface area contributed by atoms with Gasteiger partial charge in [0.1, 0.15) is 0 Å². The van der Waals surface area contributed by atoms with Crippen molar-refractivity contribution < 1.29 is 19.7 Å². The third kappa shape index (κ3) is 6.07. The fourth-order valence-corrected chi connectivity index (χ4v) is 3.70. The first-order valence-corrected chi connectivity index (χ1v) is 9.72. The number of carbonyl (C=O) groups excluding carboxylic acids is 1. The Hall–Kier alpha value is -1.87. The first kappa shape index (κ1) is 21.4. The standard InChI is InChI=1S/C22H31NO4/c1-18(24)17-23(2)15-9-10-16-27-21(25)22(26,19-11-5-3-6-12-19)20-13-7-4-8-14-20/h3,5-6,11-12,18,20,24,26H,4,7-8,13-17H2,1-2H3. The maximum Gasteiger partial charge on any atom is 0.344 e. The minimum atomic E-state index is -1.62. The number of benzene rings is 1. The molecule has 1 fully saturated rings. The molecule has 0 amide bonds. The molecule has 0 aliphatic heterocycles. The van der Waals surface area contributed by atoms with Crippen LogP contribution < -0.4 is 0 Å². The van der Waals surface area contributed by atoms with Gasteiger partial charge in [-0.1, -0.05) is 61.4 Å². The lowest BCUT2D eigenvalue weighted by atomic mass is 9.73. The molecule has 2 unspecified atom stereocenters. The average Bonchev–Trinajstić information content (AvgIpc) is 2.67. The van der Waals surface area contributed by atoms with E-state index in [1.807, 2.05) is 30.1 Å². The first-order chi connectivity index (χ1) is 12.9. The molecule has 5 heteroatoms. The van der Waals surface area contributed by atoms with Gasteiger partial charge in [0.05, 0.1) is 12.6 Å². The van der Waals surface area contributed by atoms with Crippen LogP contribution in [0.5, 0.6) is 0 Å². The van der Waals surface area contributed by atoms with Crippen LogP contribution in [-0.4, -0.2) is 53.9 Å². The number of aliphatic hydroxyl groups excluding tert-OH is 1. The van der Waals surface area contributed by atoms with Gasteiger partial charge in [0.2, 0.25) is 0 Å². The van der Waals surface area contributed by atoms with Gasteiger partial charge in [0, 0.05) is 12.5 Å². The molecular formula is C22H31NO4. The molecule has 2 N–H and O–H groups in total. The summed E-state index contributed by atoms with van der Waals surface area (Å²) in [4.78, 5) is 14.7. The molecule has 0 aromatic heterocycles. The summed E-state index contributed by atoms with van der Waals surface area (Å²) in [5.74, 6) is 4.99. The van der Waals surface area contributed by atoms with E-state index in [-0.39, 0.29) is 12.5 Å². The van der Waals surface area contributed by atoms with Crippen LogP contribution in [-0.2, 0) is 15.1 Å². The molecule has 27 heavy (non-hydrogen) atoms. The van der Waals surface area contributed by atoms with Gasteiger partial charge in [-0.05, 0) is 32.4 Å². The second kappa shape index (κ2) is 10.5. The summed E-state index contributed by atoms with van der Waals surface area (Å²) in [6.45, 7) is 2.68. The van der Waals surface area contributed by atoms with Gasteiger partial charge in [-0.2, -0.15) is 0 Å². The zero-order valence-corrected chi connectivity index (χ0v) is 16.4. The smallest absolute Gasteiger partial charge is 0.344 e. The molecule has 5 nitrogen and oxygen atoms in total. The minimum Gasteiger partial charge on any atom is -0.450 e. The first-order valence-electron chi connectivity index (χ1n) is 9.72. The van der Waals surface area contributed by atoms with Crippen molar-refractivity contribution in [1.82, 2.24) is 4.90 Å². The van der Waals surface area contributed by atoms with Crippen molar-refractivity contribution in [3.63, 3.8) is 0 Å². The summed E-state index contributed by atoms with van der Waals surface area (Å²) < 4.78 is 5.35. The summed E-state index contributed by atoms with van der Waals surface area (Å²) >= 11 is 0. The molecular weight excluding hydrogens is 342 g/mol. The molecule has 0 spiro atoms. The van der Waals surface area contributed by atoms with Gasteiger partial charge in [0.15, 0.2) is 12.2 Å². The highest BCUT2D eigenvalue weighted by molar-refractivity contribution is 5.81. The van der Waals surface area contributed by atoms with Gasteiger partial charge in [0.25, 0.3) is 0 Å². The Morgan fingerprint density at radius 3 is 2.56 bits per heavy atom. The zero-order valence-electron chi connectivity index (χ0n) is 16.4. The third-order valence-corrected chi connectivity index (χ3v) is 5.05. The topological polar surface area (TPSA) is 70.0 Å². The Morgan fingerprint density at radius 1 is 1.26 bits per heavy atom. The van der Waals surface area contributed by atoms with Gasteiger partial charge < -0.3 is 14.9 Å². The number of hydrogen-bond donors (Lipinski definition) is 2. The second-order valence-electron chi connectivity index (χ2n) is 7.44. The number of carbonyl (C=O) groups is 1. The molecule has 1 aromatic carbocycles. The molecule has 1 saturated carbocycles. The summed E-state index contributed by atoms with van der Waals surface area (Å²) in [6, 6.07) is 9.09. The average molecular weight is 373 g/mol. The van der Waals surface area contributed by atoms with E-state index in [9.17, 15) is 15.0 Å². The molecule has 1 aliphatic rings. The van der Waals surface area contributed by atoms with E-state index < -0.39 is 17.7 Å². The fourth-order valence-electron chi connectivity index (χ4n) is 3.70. The Kier molecular flexibility index (Phi) is 8.30. The van der Waals surface area contributed by atoms with Crippen LogP contribution in [0.25, 0.3) is 0 Å². The van der Waals surface area contributed by atoms with Crippen LogP contribution in [0.3, 0.4) is 0 Å². The number of hydrogen-bond acceptors (Lipinski definition) is 5. The van der Waals surface area contributed by atoms with Crippen molar-refractivity contribution in [3.05, 3.63) is 35.9 Å². The van der Waals surface area contributed by atoms with E-state index >= 15 is 0 Å². The van der Waals surface area contributed by atoms with Gasteiger partial charge in [-0.3, -0.25) is 4.90 Å². The Balaban J connectivity index is 2.01. The quantitative estimate of drug-likeness (QED) is 0.567. The van der Waals surface area contributed by atoms with Gasteiger partial charge in [-0.15, -0.1) is 0 Å². The van der Waals surface area contributed by atoms with E-state index in [0.29, 0.717) is 18.7 Å². The summed E-state index contributed by atoms with van der Waals surface area (Å²) in [7, 11) is 1.87. The monoisotopic (exact) mass is 373 g/mol. The molecule has 0 saturated heterocycles. The molecule has 0 bridgehead atoms. The van der Waals surface area contributed by atoms with Crippen LogP contribution in [0.4, 0.5) is 0 Å². The highest BCUT2D eigenvalue weighted by Crippen LogP contribution is 2.40. The van der Waals surface area contributed by atoms with Crippen LogP contribution in [0.2, 0.25) is 0 Å². The van der Waals surface area contributed by atoms with Crippen LogP contribution in [0.1, 0.15) is 44.6 Å². The molecule has 2 atom stereocenters. The van der Waals surface area contributed by atoms with E-state index in [1.54, 1.807) is 19.1 Å². The number of rotatable bonds is 7. The number of aliphatic hydroxyl groups is 2. The minimum absolute atomic E-state index is 0.0524. The van der Waals surface area contributed by atoms with Crippen LogP contribution in [0.15, 0.2) is 30.3 Å². The number of likely N-dealkylation sites (N-methyl/N-ethyl adjacent to an activating group) is 1. The highest BCUT2D eigenvalue weighted by Gasteiger charge is 2.46. The lowest BCUT2D eigenvalue weighted by Gasteiger charge is -2.36. The Morgan fingerprint density at radius 2 is 1.93 bits per heavy atom. The van der Waals surface area contributed by atoms with E-state index in [0.717, 1.165) is 32.1 Å². The Labute approximate surface area is 162 Å². The lowest BCUT2D eigenvalue weighted by Crippen LogP contribution is -2.45. The second-order valence-corrected chi connectivity index (χ2v) is 7.44. The molecule has 148 valence electrons. The predicted molar refractivity (Wildman–Crippen MR) is 105 cm³/mol. The van der Waals surface area contributed by atoms with Crippen molar-refractivity contribution in [1.29, 1.82) is 0 Å². The van der Waals surface area contributed by atoms with Crippen molar-refractivity contribution in [3.8, 4) is 11.8 Å². The van der Waals surface area contributed by atoms with Crippen LogP contribution in [0, 0.1) is 17.8 Å². The SMILES string of the molecule is CC(O)CN(C)CC#CCOC(=O)C(O)(c1ccccc1)C1CCCCC1. The van der Waals surface area contributed by atoms with Crippen molar-refractivity contribution in [2.75, 3.05) is 26.7 Å².